The lowest BCUT2D eigenvalue weighted by atomic mass is 9.78. The molecule has 7 aliphatic rings. The molecule has 0 aliphatic carbocycles. The molecular formula is C62H82N6O12. The number of piperidine rings is 3. The number of fused-ring (bicyclic) bond motifs is 14. The van der Waals surface area contributed by atoms with E-state index in [-0.39, 0.29) is 67.2 Å². The number of carbonyl (C=O) groups excluding carboxylic acids is 4. The zero-order valence-electron chi connectivity index (χ0n) is 48.1. The molecule has 432 valence electrons. The lowest BCUT2D eigenvalue weighted by molar-refractivity contribution is -0.166. The Bertz CT molecular complexity index is 3080. The van der Waals surface area contributed by atoms with E-state index in [2.05, 4.69) is 53.2 Å². The number of nitrogens with zero attached hydrogens (tertiary/aromatic N) is 5. The van der Waals surface area contributed by atoms with Crippen molar-refractivity contribution in [3.8, 4) is 17.2 Å². The van der Waals surface area contributed by atoms with Crippen LogP contribution in [0.2, 0.25) is 0 Å². The van der Waals surface area contributed by atoms with Gasteiger partial charge in [0.15, 0.2) is 11.4 Å². The molecule has 11 atom stereocenters. The second-order valence-corrected chi connectivity index (χ2v) is 24.1. The van der Waals surface area contributed by atoms with Gasteiger partial charge in [0.2, 0.25) is 5.91 Å². The monoisotopic (exact) mass is 1100 g/mol. The maximum Gasteiger partial charge on any atom is 0.315 e. The minimum atomic E-state index is -2.02. The quantitative estimate of drug-likeness (QED) is 0.0906. The summed E-state index contributed by atoms with van der Waals surface area (Å²) in [6.07, 6.45) is 6.74. The summed E-state index contributed by atoms with van der Waals surface area (Å²) in [5.41, 5.74) is 0.571. The zero-order valence-corrected chi connectivity index (χ0v) is 48.1. The van der Waals surface area contributed by atoms with E-state index in [1.54, 1.807) is 70.7 Å². The smallest absolute Gasteiger partial charge is 0.315 e. The third kappa shape index (κ3) is 11.5. The molecule has 0 aromatic heterocycles. The van der Waals surface area contributed by atoms with Crippen molar-refractivity contribution in [3.05, 3.63) is 93.9 Å². The summed E-state index contributed by atoms with van der Waals surface area (Å²) in [4.78, 5) is 74.3. The van der Waals surface area contributed by atoms with Crippen molar-refractivity contribution in [2.45, 2.75) is 149 Å². The first kappa shape index (κ1) is 58.5. The molecule has 18 nitrogen and oxygen atoms in total. The Labute approximate surface area is 469 Å². The summed E-state index contributed by atoms with van der Waals surface area (Å²) in [6, 6.07) is 10.7. The van der Waals surface area contributed by atoms with Crippen LogP contribution in [0.25, 0.3) is 10.8 Å². The highest BCUT2D eigenvalue weighted by Gasteiger charge is 2.50. The molecule has 18 heteroatoms. The highest BCUT2D eigenvalue weighted by molar-refractivity contribution is 6.19. The molecule has 0 saturated carbocycles. The average molecular weight is 1100 g/mol. The van der Waals surface area contributed by atoms with Gasteiger partial charge in [0.25, 0.3) is 11.7 Å². The predicted molar refractivity (Wildman–Crippen MR) is 301 cm³/mol. The first-order chi connectivity index (χ1) is 38.0. The van der Waals surface area contributed by atoms with Crippen molar-refractivity contribution in [2.24, 2.45) is 45.5 Å². The number of amides is 2. The number of hydrogen-bond donors (Lipinski definition) is 5. The van der Waals surface area contributed by atoms with Crippen molar-refractivity contribution in [1.82, 2.24) is 14.7 Å². The Morgan fingerprint density at radius 1 is 0.887 bits per heavy atom. The molecule has 5 N–H and O–H groups in total. The Kier molecular flexibility index (Phi) is 17.3. The van der Waals surface area contributed by atoms with Gasteiger partial charge < -0.3 is 54.5 Å². The van der Waals surface area contributed by atoms with Crippen LogP contribution in [0.5, 0.6) is 17.2 Å². The number of benzene rings is 3. The van der Waals surface area contributed by atoms with E-state index < -0.39 is 89.4 Å². The Morgan fingerprint density at radius 3 is 2.30 bits per heavy atom. The van der Waals surface area contributed by atoms with Crippen molar-refractivity contribution < 1.29 is 58.6 Å². The van der Waals surface area contributed by atoms with Crippen LogP contribution in [0.15, 0.2) is 76.5 Å². The van der Waals surface area contributed by atoms with Gasteiger partial charge in [-0.15, -0.1) is 0 Å². The fourth-order valence-electron chi connectivity index (χ4n) is 13.2. The number of methoxy groups -OCH3 is 1. The van der Waals surface area contributed by atoms with Gasteiger partial charge in [-0.3, -0.25) is 34.1 Å². The van der Waals surface area contributed by atoms with Crippen molar-refractivity contribution in [2.75, 3.05) is 51.7 Å². The fraction of sp³-hybridized carbons (Fsp3) is 0.581. The van der Waals surface area contributed by atoms with Gasteiger partial charge >= 0.3 is 11.8 Å². The third-order valence-corrected chi connectivity index (χ3v) is 17.9. The molecule has 1 spiro atoms. The van der Waals surface area contributed by atoms with Gasteiger partial charge in [0.05, 0.1) is 40.9 Å². The SMILES string of the molecule is CO[C@H]1/C=C/O[C@@]2(C)Oc3c(C)c(O)c4c(O)c(c5c(c4c3C2=O)=NC2(CCN(CC(C)C)CC2)N=5)NC(=O)/C(C)=C\C=C\[C@H](C)[C@H](O)[C@@H](C)[C@@H](O)[C@@H](C)[C@H](OC(=O)CC(=O)N2CCC3C(CCCN3Cc3ccccc3)C2)[C@@H]1C. The molecule has 3 aromatic carbocycles. The highest BCUT2D eigenvalue weighted by Crippen LogP contribution is 2.50. The first-order valence-electron chi connectivity index (χ1n) is 28.7. The molecule has 3 saturated heterocycles. The van der Waals surface area contributed by atoms with Crippen LogP contribution in [0.1, 0.15) is 115 Å². The average Bonchev–Trinajstić information content (AvgIpc) is 3.94. The lowest BCUT2D eigenvalue weighted by Gasteiger charge is -2.47. The number of phenolic OH excluding ortho intramolecular Hbond substituents is 2. The van der Waals surface area contributed by atoms with Gasteiger partial charge in [-0.25, -0.2) is 0 Å². The maximum absolute atomic E-state index is 15.0. The minimum Gasteiger partial charge on any atom is -0.507 e. The van der Waals surface area contributed by atoms with Gasteiger partial charge in [-0.05, 0) is 63.1 Å². The van der Waals surface area contributed by atoms with Crippen LogP contribution >= 0.6 is 0 Å². The number of aliphatic hydroxyl groups is 2. The summed E-state index contributed by atoms with van der Waals surface area (Å²) >= 11 is 0. The Morgan fingerprint density at radius 2 is 1.60 bits per heavy atom. The maximum atomic E-state index is 15.0. The number of ether oxygens (including phenoxy) is 4. The first-order valence-corrected chi connectivity index (χ1v) is 28.7. The second kappa shape index (κ2) is 23.7. The number of likely N-dealkylation sites (tertiary alicyclic amines) is 3. The molecular weight excluding hydrogens is 1020 g/mol. The number of aliphatic hydroxyl groups excluding tert-OH is 2. The van der Waals surface area contributed by atoms with E-state index in [9.17, 15) is 34.8 Å². The zero-order chi connectivity index (χ0) is 57.5. The van der Waals surface area contributed by atoms with Gasteiger partial charge in [0, 0.05) is 112 Å². The molecule has 3 aromatic rings. The molecule has 3 fully saturated rings. The van der Waals surface area contributed by atoms with E-state index in [1.165, 1.54) is 25.9 Å². The molecule has 80 heavy (non-hydrogen) atoms. The van der Waals surface area contributed by atoms with Gasteiger partial charge in [0.1, 0.15) is 35.1 Å². The molecule has 0 radical (unpaired) electrons. The normalized spacial score (nSPS) is 31.8. The number of ketones is 1. The number of hydrogen-bond acceptors (Lipinski definition) is 16. The number of rotatable bonds is 8. The van der Waals surface area contributed by atoms with Gasteiger partial charge in [-0.2, -0.15) is 0 Å². The van der Waals surface area contributed by atoms with Gasteiger partial charge in [-0.1, -0.05) is 90.1 Å². The number of phenols is 2. The highest BCUT2D eigenvalue weighted by atomic mass is 16.7. The number of anilines is 1. The fourth-order valence-corrected chi connectivity index (χ4v) is 13.2. The van der Waals surface area contributed by atoms with E-state index in [0.717, 1.165) is 38.9 Å². The summed E-state index contributed by atoms with van der Waals surface area (Å²) in [5, 5.41) is 51.4. The predicted octanol–water partition coefficient (Wildman–Crippen LogP) is 6.63. The Hall–Kier alpha value is -6.18. The number of esters is 1. The lowest BCUT2D eigenvalue weighted by Crippen LogP contribution is -2.55. The van der Waals surface area contributed by atoms with E-state index in [1.807, 2.05) is 6.07 Å². The van der Waals surface area contributed by atoms with Crippen molar-refractivity contribution >= 4 is 40.0 Å². The summed E-state index contributed by atoms with van der Waals surface area (Å²) in [5.74, 6) is -7.37. The van der Waals surface area contributed by atoms with E-state index >= 15 is 4.79 Å². The largest absolute Gasteiger partial charge is 0.507 e. The summed E-state index contributed by atoms with van der Waals surface area (Å²) in [7, 11) is 1.46. The van der Waals surface area contributed by atoms with Crippen molar-refractivity contribution in [1.29, 1.82) is 0 Å². The van der Waals surface area contributed by atoms with Crippen LogP contribution in [0.4, 0.5) is 5.69 Å². The minimum absolute atomic E-state index is 0.0131. The third-order valence-electron chi connectivity index (χ3n) is 17.9. The second-order valence-electron chi connectivity index (χ2n) is 24.1. The number of aromatic hydroxyl groups is 2. The number of allylic oxidation sites excluding steroid dienone is 2. The van der Waals surface area contributed by atoms with Crippen LogP contribution in [-0.4, -0.2) is 147 Å². The van der Waals surface area contributed by atoms with Crippen LogP contribution < -0.4 is 20.8 Å². The summed E-state index contributed by atoms with van der Waals surface area (Å²) < 4.78 is 24.9. The summed E-state index contributed by atoms with van der Waals surface area (Å²) in [6.45, 7) is 21.1. The Balaban J connectivity index is 1.03. The number of Topliss-reactive ketones (excluding diaryl/α,β-unsaturated/α-hetero) is 1. The van der Waals surface area contributed by atoms with E-state index in [4.69, 9.17) is 28.9 Å². The molecule has 2 unspecified atom stereocenters. The van der Waals surface area contributed by atoms with Crippen LogP contribution in [-0.2, 0) is 35.1 Å². The van der Waals surface area contributed by atoms with Crippen molar-refractivity contribution in [3.63, 3.8) is 0 Å². The number of carbonyl (C=O) groups is 4. The molecule has 7 aliphatic heterocycles. The molecule has 10 rings (SSSR count). The standard InChI is InChI=1S/C62H82N6O12/c1-34(2)31-66-27-23-62(24-28-66)64-50-47-48-55(73)40(8)58-49(47)59(75)61(9,80-58)78-29-22-44(77-10)37(5)57(39(7)54(72)38(6)53(71)35(3)16-14-17-36(4)60(76)63-52(56(48)74)51(50)65-62)79-46(70)30-45(69)68-26-21-43-42(33-68)20-15-25-67(43)32-41-18-12-11-13-19-41/h11-14,16-19,22,29,34-35,37-39,42-44,53-54,57,71-74H,15,20-21,23-28,30-33H2,1-10H3,(H,63,76)/b16-14+,29-22+,36-17-/t35-,37+,38+,39+,42?,43?,44-,53-,54+,57+,61-/m0/s1. The molecule has 2 amide bonds. The van der Waals surface area contributed by atoms with E-state index in [0.29, 0.717) is 51.0 Å². The molecule has 7 heterocycles. The van der Waals surface area contributed by atoms with Crippen LogP contribution in [0.3, 0.4) is 0 Å². The molecule has 5 bridgehead atoms. The van der Waals surface area contributed by atoms with Crippen LogP contribution in [0, 0.1) is 42.4 Å². The number of nitrogens with one attached hydrogen (secondary N) is 1. The topological polar surface area (TPSA) is 233 Å².